The Hall–Kier alpha value is -1.50. The number of rotatable bonds is 5. The fraction of sp³-hybridized carbons (Fsp3) is 0.625. The second-order valence-corrected chi connectivity index (χ2v) is 6.09. The first kappa shape index (κ1) is 15.4. The number of likely N-dealkylation sites (tertiary alicyclic amines) is 1. The number of amides is 1. The Kier molecular flexibility index (Phi) is 4.71. The van der Waals surface area contributed by atoms with Gasteiger partial charge in [-0.05, 0) is 18.6 Å². The van der Waals surface area contributed by atoms with Crippen molar-refractivity contribution in [1.29, 1.82) is 0 Å². The zero-order valence-corrected chi connectivity index (χ0v) is 13.0. The Labute approximate surface area is 130 Å². The topological polar surface area (TPSA) is 63.7 Å². The van der Waals surface area contributed by atoms with E-state index in [1.165, 1.54) is 0 Å². The molecule has 120 valence electrons. The number of aromatic nitrogens is 1. The van der Waals surface area contributed by atoms with Gasteiger partial charge in [-0.1, -0.05) is 6.07 Å². The Morgan fingerprint density at radius 1 is 1.59 bits per heavy atom. The van der Waals surface area contributed by atoms with Crippen molar-refractivity contribution in [3.8, 4) is 0 Å². The molecular weight excluding hydrogens is 282 g/mol. The largest absolute Gasteiger partial charge is 0.371 e. The highest BCUT2D eigenvalue weighted by Gasteiger charge is 2.45. The van der Waals surface area contributed by atoms with Crippen LogP contribution in [-0.4, -0.2) is 60.8 Å². The minimum atomic E-state index is -0.109. The third kappa shape index (κ3) is 3.63. The van der Waals surface area contributed by atoms with Crippen LogP contribution in [-0.2, 0) is 20.8 Å². The molecule has 2 saturated heterocycles. The van der Waals surface area contributed by atoms with Crippen LogP contribution >= 0.6 is 0 Å². The molecule has 0 aliphatic carbocycles. The van der Waals surface area contributed by atoms with Gasteiger partial charge in [0.05, 0.1) is 24.0 Å². The lowest BCUT2D eigenvalue weighted by atomic mass is 9.98. The zero-order valence-electron chi connectivity index (χ0n) is 13.0. The number of ether oxygens (including phenoxy) is 2. The molecule has 1 amide bonds. The quantitative estimate of drug-likeness (QED) is 0.862. The molecule has 1 spiro atoms. The summed E-state index contributed by atoms with van der Waals surface area (Å²) < 4.78 is 11.7. The molecule has 0 aromatic carbocycles. The predicted molar refractivity (Wildman–Crippen MR) is 81.2 cm³/mol. The number of nitrogens with zero attached hydrogens (tertiary/aromatic N) is 2. The van der Waals surface area contributed by atoms with E-state index in [4.69, 9.17) is 9.47 Å². The summed E-state index contributed by atoms with van der Waals surface area (Å²) in [7, 11) is 1.62. The Morgan fingerprint density at radius 2 is 2.50 bits per heavy atom. The standard InChI is InChI=1S/C16H23N3O3/c1-17-15(20)11-21-14-8-16(22-10-14)5-7-19(12-16)9-13-4-2-3-6-18-13/h2-4,6,14H,5,7-12H2,1H3,(H,17,20). The summed E-state index contributed by atoms with van der Waals surface area (Å²) >= 11 is 0. The third-order valence-electron chi connectivity index (χ3n) is 4.41. The summed E-state index contributed by atoms with van der Waals surface area (Å²) in [6, 6.07) is 6.00. The number of hydrogen-bond donors (Lipinski definition) is 1. The SMILES string of the molecule is CNC(=O)COC1COC2(CCN(Cc3ccccn3)C2)C1. The molecule has 2 unspecified atom stereocenters. The number of nitrogens with one attached hydrogen (secondary N) is 1. The van der Waals surface area contributed by atoms with E-state index in [2.05, 4.69) is 21.3 Å². The van der Waals surface area contributed by atoms with Crippen LogP contribution in [0, 0.1) is 0 Å². The van der Waals surface area contributed by atoms with E-state index in [0.29, 0.717) is 6.61 Å². The van der Waals surface area contributed by atoms with Gasteiger partial charge in [-0.15, -0.1) is 0 Å². The molecule has 0 radical (unpaired) electrons. The first-order valence-electron chi connectivity index (χ1n) is 7.77. The average Bonchev–Trinajstić information content (AvgIpc) is 3.13. The van der Waals surface area contributed by atoms with E-state index in [0.717, 1.165) is 38.2 Å². The number of pyridine rings is 1. The van der Waals surface area contributed by atoms with Crippen LogP contribution in [0.3, 0.4) is 0 Å². The summed E-state index contributed by atoms with van der Waals surface area (Å²) in [5, 5.41) is 2.56. The van der Waals surface area contributed by atoms with Crippen LogP contribution in [0.25, 0.3) is 0 Å². The van der Waals surface area contributed by atoms with E-state index in [1.54, 1.807) is 7.05 Å². The van der Waals surface area contributed by atoms with Gasteiger partial charge in [-0.2, -0.15) is 0 Å². The molecule has 0 saturated carbocycles. The Balaban J connectivity index is 1.49. The van der Waals surface area contributed by atoms with E-state index in [-0.39, 0.29) is 24.2 Å². The number of likely N-dealkylation sites (N-methyl/N-ethyl adjacent to an activating group) is 1. The normalized spacial score (nSPS) is 28.3. The predicted octanol–water partition coefficient (Wildman–Crippen LogP) is 0.578. The minimum Gasteiger partial charge on any atom is -0.371 e. The maximum absolute atomic E-state index is 11.2. The van der Waals surface area contributed by atoms with Crippen LogP contribution in [0.5, 0.6) is 0 Å². The Morgan fingerprint density at radius 3 is 3.27 bits per heavy atom. The molecule has 3 rings (SSSR count). The minimum absolute atomic E-state index is 0.0205. The second kappa shape index (κ2) is 6.73. The summed E-state index contributed by atoms with van der Waals surface area (Å²) in [4.78, 5) is 18.0. The van der Waals surface area contributed by atoms with Gasteiger partial charge in [0, 0.05) is 39.3 Å². The van der Waals surface area contributed by atoms with Crippen molar-refractivity contribution >= 4 is 5.91 Å². The first-order valence-corrected chi connectivity index (χ1v) is 7.77. The van der Waals surface area contributed by atoms with Crippen molar-refractivity contribution in [1.82, 2.24) is 15.2 Å². The van der Waals surface area contributed by atoms with Gasteiger partial charge in [-0.25, -0.2) is 0 Å². The molecule has 6 heteroatoms. The summed E-state index contributed by atoms with van der Waals surface area (Å²) in [5.74, 6) is -0.0934. The lowest BCUT2D eigenvalue weighted by molar-refractivity contribution is -0.127. The fourth-order valence-corrected chi connectivity index (χ4v) is 3.24. The summed E-state index contributed by atoms with van der Waals surface area (Å²) in [5.41, 5.74) is 0.979. The van der Waals surface area contributed by atoms with Crippen molar-refractivity contribution in [3.63, 3.8) is 0 Å². The van der Waals surface area contributed by atoms with Crippen molar-refractivity contribution in [2.45, 2.75) is 31.1 Å². The first-order chi connectivity index (χ1) is 10.7. The molecule has 1 N–H and O–H groups in total. The smallest absolute Gasteiger partial charge is 0.245 e. The van der Waals surface area contributed by atoms with Crippen molar-refractivity contribution in [2.24, 2.45) is 0 Å². The van der Waals surface area contributed by atoms with Gasteiger partial charge < -0.3 is 14.8 Å². The summed E-state index contributed by atoms with van der Waals surface area (Å²) in [6.45, 7) is 3.46. The lowest BCUT2D eigenvalue weighted by Gasteiger charge is -2.23. The van der Waals surface area contributed by atoms with Gasteiger partial charge in [0.25, 0.3) is 0 Å². The van der Waals surface area contributed by atoms with Crippen molar-refractivity contribution in [3.05, 3.63) is 30.1 Å². The zero-order chi connectivity index (χ0) is 15.4. The van der Waals surface area contributed by atoms with Gasteiger partial charge in [0.2, 0.25) is 5.91 Å². The highest BCUT2D eigenvalue weighted by atomic mass is 16.6. The van der Waals surface area contributed by atoms with Crippen LogP contribution in [0.15, 0.2) is 24.4 Å². The highest BCUT2D eigenvalue weighted by Crippen LogP contribution is 2.36. The van der Waals surface area contributed by atoms with Crippen molar-refractivity contribution in [2.75, 3.05) is 33.4 Å². The van der Waals surface area contributed by atoms with Gasteiger partial charge in [-0.3, -0.25) is 14.7 Å². The van der Waals surface area contributed by atoms with Crippen LogP contribution in [0.4, 0.5) is 0 Å². The molecule has 1 aromatic rings. The molecule has 22 heavy (non-hydrogen) atoms. The third-order valence-corrected chi connectivity index (χ3v) is 4.41. The van der Waals surface area contributed by atoms with E-state index < -0.39 is 0 Å². The molecule has 1 aromatic heterocycles. The summed E-state index contributed by atoms with van der Waals surface area (Å²) in [6.07, 6.45) is 3.73. The number of hydrogen-bond acceptors (Lipinski definition) is 5. The van der Waals surface area contributed by atoms with E-state index >= 15 is 0 Å². The second-order valence-electron chi connectivity index (χ2n) is 6.09. The maximum atomic E-state index is 11.2. The maximum Gasteiger partial charge on any atom is 0.245 e. The van der Waals surface area contributed by atoms with Crippen LogP contribution in [0.2, 0.25) is 0 Å². The molecule has 6 nitrogen and oxygen atoms in total. The molecule has 3 heterocycles. The molecular formula is C16H23N3O3. The molecule has 2 aliphatic rings. The van der Waals surface area contributed by atoms with E-state index in [9.17, 15) is 4.79 Å². The van der Waals surface area contributed by atoms with Crippen LogP contribution in [0.1, 0.15) is 18.5 Å². The molecule has 2 atom stereocenters. The fourth-order valence-electron chi connectivity index (χ4n) is 3.24. The highest BCUT2D eigenvalue weighted by molar-refractivity contribution is 5.76. The lowest BCUT2D eigenvalue weighted by Crippen LogP contribution is -2.33. The molecule has 0 bridgehead atoms. The Bertz CT molecular complexity index is 511. The monoisotopic (exact) mass is 305 g/mol. The molecule has 2 fully saturated rings. The van der Waals surface area contributed by atoms with E-state index in [1.807, 2.05) is 18.3 Å². The average molecular weight is 305 g/mol. The number of carbonyl (C=O) groups excluding carboxylic acids is 1. The van der Waals surface area contributed by atoms with Gasteiger partial charge >= 0.3 is 0 Å². The van der Waals surface area contributed by atoms with Gasteiger partial charge in [0.15, 0.2) is 0 Å². The van der Waals surface area contributed by atoms with Crippen molar-refractivity contribution < 1.29 is 14.3 Å². The molecule has 2 aliphatic heterocycles. The number of carbonyl (C=O) groups is 1. The van der Waals surface area contributed by atoms with Gasteiger partial charge in [0.1, 0.15) is 6.61 Å². The van der Waals surface area contributed by atoms with Crippen LogP contribution < -0.4 is 5.32 Å².